The van der Waals surface area contributed by atoms with Gasteiger partial charge in [-0.3, -0.25) is 9.78 Å². The van der Waals surface area contributed by atoms with E-state index < -0.39 is 0 Å². The van der Waals surface area contributed by atoms with Crippen molar-refractivity contribution >= 4 is 11.6 Å². The molecule has 2 aromatic heterocycles. The number of fused-ring (bicyclic) bond motifs is 1. The van der Waals surface area contributed by atoms with Crippen molar-refractivity contribution in [3.63, 3.8) is 0 Å². The Kier molecular flexibility index (Phi) is 3.53. The zero-order valence-electron chi connectivity index (χ0n) is 13.1. The Balaban J connectivity index is 1.65. The molecule has 120 valence electrons. The highest BCUT2D eigenvalue weighted by molar-refractivity contribution is 6.03. The van der Waals surface area contributed by atoms with Crippen LogP contribution in [0, 0.1) is 6.92 Å². The van der Waals surface area contributed by atoms with Crippen molar-refractivity contribution in [3.8, 4) is 11.5 Å². The molecule has 7 heteroatoms. The maximum Gasteiger partial charge on any atom is 0.316 e. The third-order valence-electron chi connectivity index (χ3n) is 4.00. The SMILES string of the molecule is Cc1ccc2c(c1)CCCN2C(=O)c1nc(-c2cnccn2)no1. The molecule has 24 heavy (non-hydrogen) atoms. The number of anilines is 1. The summed E-state index contributed by atoms with van der Waals surface area (Å²) in [5.41, 5.74) is 3.74. The number of amides is 1. The van der Waals surface area contributed by atoms with Crippen LogP contribution in [0.3, 0.4) is 0 Å². The average molecular weight is 321 g/mol. The lowest BCUT2D eigenvalue weighted by Crippen LogP contribution is -2.35. The van der Waals surface area contributed by atoms with Gasteiger partial charge in [0.25, 0.3) is 0 Å². The Labute approximate surface area is 138 Å². The molecular weight excluding hydrogens is 306 g/mol. The van der Waals surface area contributed by atoms with Gasteiger partial charge >= 0.3 is 11.8 Å². The van der Waals surface area contributed by atoms with E-state index in [9.17, 15) is 4.79 Å². The number of aryl methyl sites for hydroxylation is 2. The largest absolute Gasteiger partial charge is 0.328 e. The van der Waals surface area contributed by atoms with Gasteiger partial charge < -0.3 is 9.42 Å². The summed E-state index contributed by atoms with van der Waals surface area (Å²) < 4.78 is 5.15. The van der Waals surface area contributed by atoms with E-state index >= 15 is 0 Å². The second-order valence-electron chi connectivity index (χ2n) is 5.71. The first-order chi connectivity index (χ1) is 11.7. The Morgan fingerprint density at radius 1 is 1.29 bits per heavy atom. The molecule has 0 bridgehead atoms. The van der Waals surface area contributed by atoms with E-state index in [1.807, 2.05) is 19.1 Å². The fourth-order valence-electron chi connectivity index (χ4n) is 2.88. The van der Waals surface area contributed by atoms with Crippen LogP contribution in [0.25, 0.3) is 11.5 Å². The Hall–Kier alpha value is -3.09. The highest BCUT2D eigenvalue weighted by atomic mass is 16.5. The minimum atomic E-state index is -0.289. The van der Waals surface area contributed by atoms with Crippen LogP contribution in [0.1, 0.15) is 28.2 Å². The van der Waals surface area contributed by atoms with Gasteiger partial charge in [0.1, 0.15) is 5.69 Å². The van der Waals surface area contributed by atoms with E-state index in [1.165, 1.54) is 23.5 Å². The molecule has 1 aromatic carbocycles. The number of carbonyl (C=O) groups excluding carboxylic acids is 1. The molecule has 1 aliphatic rings. The van der Waals surface area contributed by atoms with Gasteiger partial charge in [-0.1, -0.05) is 22.9 Å². The lowest BCUT2D eigenvalue weighted by molar-refractivity contribution is 0.0942. The van der Waals surface area contributed by atoms with E-state index in [-0.39, 0.29) is 17.6 Å². The summed E-state index contributed by atoms with van der Waals surface area (Å²) in [6, 6.07) is 6.10. The number of benzene rings is 1. The zero-order chi connectivity index (χ0) is 16.5. The van der Waals surface area contributed by atoms with Crippen LogP contribution in [0.4, 0.5) is 5.69 Å². The Morgan fingerprint density at radius 3 is 3.04 bits per heavy atom. The summed E-state index contributed by atoms with van der Waals surface area (Å²) in [5, 5.41) is 3.84. The summed E-state index contributed by atoms with van der Waals surface area (Å²) in [6.07, 6.45) is 6.50. The van der Waals surface area contributed by atoms with Gasteiger partial charge in [0.05, 0.1) is 6.20 Å². The van der Waals surface area contributed by atoms with Crippen molar-refractivity contribution in [2.75, 3.05) is 11.4 Å². The van der Waals surface area contributed by atoms with Crippen molar-refractivity contribution in [2.45, 2.75) is 19.8 Å². The Morgan fingerprint density at radius 2 is 2.21 bits per heavy atom. The van der Waals surface area contributed by atoms with Gasteiger partial charge in [-0.2, -0.15) is 4.98 Å². The fraction of sp³-hybridized carbons (Fsp3) is 0.235. The molecule has 0 fully saturated rings. The molecule has 4 rings (SSSR count). The number of nitrogens with zero attached hydrogens (tertiary/aromatic N) is 5. The first-order valence-electron chi connectivity index (χ1n) is 7.74. The monoisotopic (exact) mass is 321 g/mol. The van der Waals surface area contributed by atoms with E-state index in [0.717, 1.165) is 18.5 Å². The second-order valence-corrected chi connectivity index (χ2v) is 5.71. The molecule has 0 aliphatic carbocycles. The third-order valence-corrected chi connectivity index (χ3v) is 4.00. The van der Waals surface area contributed by atoms with Crippen molar-refractivity contribution < 1.29 is 9.32 Å². The van der Waals surface area contributed by atoms with Crippen LogP contribution in [-0.2, 0) is 6.42 Å². The maximum atomic E-state index is 12.8. The van der Waals surface area contributed by atoms with Gasteiger partial charge in [-0.25, -0.2) is 4.98 Å². The summed E-state index contributed by atoms with van der Waals surface area (Å²) in [6.45, 7) is 2.68. The lowest BCUT2D eigenvalue weighted by atomic mass is 9.99. The first kappa shape index (κ1) is 14.5. The van der Waals surface area contributed by atoms with Crippen molar-refractivity contribution in [3.05, 3.63) is 53.8 Å². The van der Waals surface area contributed by atoms with Gasteiger partial charge in [0.15, 0.2) is 0 Å². The van der Waals surface area contributed by atoms with Gasteiger partial charge in [-0.05, 0) is 31.4 Å². The smallest absolute Gasteiger partial charge is 0.316 e. The van der Waals surface area contributed by atoms with Gasteiger partial charge in [-0.15, -0.1) is 0 Å². The van der Waals surface area contributed by atoms with Crippen LogP contribution in [0.15, 0.2) is 41.3 Å². The number of aromatic nitrogens is 4. The molecule has 1 amide bonds. The van der Waals surface area contributed by atoms with Crippen LogP contribution >= 0.6 is 0 Å². The first-order valence-corrected chi connectivity index (χ1v) is 7.74. The molecule has 7 nitrogen and oxygen atoms in total. The molecule has 0 unspecified atom stereocenters. The van der Waals surface area contributed by atoms with Crippen molar-refractivity contribution in [1.82, 2.24) is 20.1 Å². The number of rotatable bonds is 2. The summed E-state index contributed by atoms with van der Waals surface area (Å²) in [7, 11) is 0. The van der Waals surface area contributed by atoms with Crippen molar-refractivity contribution in [2.24, 2.45) is 0 Å². The maximum absolute atomic E-state index is 12.8. The third kappa shape index (κ3) is 2.54. The standard InChI is InChI=1S/C17H15N5O2/c1-11-4-5-14-12(9-11)3-2-8-22(14)17(23)16-20-15(21-24-16)13-10-18-6-7-19-13/h4-7,9-10H,2-3,8H2,1H3. The van der Waals surface area contributed by atoms with E-state index in [1.54, 1.807) is 11.1 Å². The highest BCUT2D eigenvalue weighted by Crippen LogP contribution is 2.29. The van der Waals surface area contributed by atoms with E-state index in [2.05, 4.69) is 26.2 Å². The molecule has 1 aliphatic heterocycles. The minimum Gasteiger partial charge on any atom is -0.328 e. The highest BCUT2D eigenvalue weighted by Gasteiger charge is 2.28. The zero-order valence-corrected chi connectivity index (χ0v) is 13.1. The number of hydrogen-bond acceptors (Lipinski definition) is 6. The topological polar surface area (TPSA) is 85.0 Å². The second kappa shape index (κ2) is 5.84. The molecule has 0 atom stereocenters. The summed E-state index contributed by atoms with van der Waals surface area (Å²) in [5.74, 6) is -0.0703. The number of hydrogen-bond donors (Lipinski definition) is 0. The quantitative estimate of drug-likeness (QED) is 0.720. The van der Waals surface area contributed by atoms with E-state index in [0.29, 0.717) is 12.2 Å². The lowest BCUT2D eigenvalue weighted by Gasteiger charge is -2.28. The van der Waals surface area contributed by atoms with Gasteiger partial charge in [0.2, 0.25) is 5.82 Å². The van der Waals surface area contributed by atoms with Crippen LogP contribution in [0.2, 0.25) is 0 Å². The molecule has 0 spiro atoms. The normalized spacial score (nSPS) is 13.6. The average Bonchev–Trinajstić information content (AvgIpc) is 3.11. The van der Waals surface area contributed by atoms with E-state index in [4.69, 9.17) is 4.52 Å². The molecule has 0 saturated carbocycles. The minimum absolute atomic E-state index is 0.0379. The van der Waals surface area contributed by atoms with Crippen molar-refractivity contribution in [1.29, 1.82) is 0 Å². The molecule has 0 N–H and O–H groups in total. The predicted octanol–water partition coefficient (Wildman–Crippen LogP) is 2.43. The van der Waals surface area contributed by atoms with Crippen LogP contribution < -0.4 is 4.90 Å². The molecular formula is C17H15N5O2. The Bertz CT molecular complexity index is 891. The molecule has 3 aromatic rings. The fourth-order valence-corrected chi connectivity index (χ4v) is 2.88. The summed E-state index contributed by atoms with van der Waals surface area (Å²) >= 11 is 0. The summed E-state index contributed by atoms with van der Waals surface area (Å²) in [4.78, 5) is 26.7. The van der Waals surface area contributed by atoms with Crippen LogP contribution in [-0.4, -0.2) is 32.6 Å². The number of carbonyl (C=O) groups is 1. The van der Waals surface area contributed by atoms with Gasteiger partial charge in [0, 0.05) is 24.6 Å². The predicted molar refractivity (Wildman–Crippen MR) is 86.5 cm³/mol. The molecule has 0 saturated heterocycles. The van der Waals surface area contributed by atoms with Crippen LogP contribution in [0.5, 0.6) is 0 Å². The molecule has 3 heterocycles. The molecule has 0 radical (unpaired) electrons.